The summed E-state index contributed by atoms with van der Waals surface area (Å²) in [5, 5.41) is 2.64. The maximum absolute atomic E-state index is 12.4. The summed E-state index contributed by atoms with van der Waals surface area (Å²) in [7, 11) is -3.10. The van der Waals surface area contributed by atoms with Crippen LogP contribution in [0.25, 0.3) is 0 Å². The van der Waals surface area contributed by atoms with Crippen LogP contribution < -0.4 is 5.32 Å². The lowest BCUT2D eigenvalue weighted by Gasteiger charge is -2.26. The summed E-state index contributed by atoms with van der Waals surface area (Å²) in [6.07, 6.45) is 1.13. The molecule has 1 aromatic rings. The van der Waals surface area contributed by atoms with Gasteiger partial charge in [0.2, 0.25) is 0 Å². The van der Waals surface area contributed by atoms with Crippen LogP contribution in [0.3, 0.4) is 0 Å². The number of anilines is 1. The number of hydrogen-bond donors (Lipinski definition) is 1. The molecule has 1 unspecified atom stereocenters. The van der Waals surface area contributed by atoms with Gasteiger partial charge >= 0.3 is 11.8 Å². The van der Waals surface area contributed by atoms with Gasteiger partial charge in [0.25, 0.3) is 0 Å². The first-order chi connectivity index (χ1) is 10.9. The molecule has 6 nitrogen and oxygen atoms in total. The number of para-hydroxylation sites is 1. The van der Waals surface area contributed by atoms with Crippen LogP contribution in [0.1, 0.15) is 25.8 Å². The number of amides is 2. The van der Waals surface area contributed by atoms with Crippen LogP contribution in [0.5, 0.6) is 0 Å². The second-order valence-electron chi connectivity index (χ2n) is 5.61. The van der Waals surface area contributed by atoms with Crippen molar-refractivity contribution in [2.45, 2.75) is 32.7 Å². The van der Waals surface area contributed by atoms with E-state index in [2.05, 4.69) is 5.32 Å². The zero-order valence-corrected chi connectivity index (χ0v) is 14.2. The van der Waals surface area contributed by atoms with Crippen LogP contribution >= 0.6 is 0 Å². The van der Waals surface area contributed by atoms with Crippen molar-refractivity contribution >= 4 is 27.3 Å². The minimum atomic E-state index is -3.10. The summed E-state index contributed by atoms with van der Waals surface area (Å²) >= 11 is 0. The second-order valence-corrected chi connectivity index (χ2v) is 7.84. The fourth-order valence-corrected chi connectivity index (χ4v) is 4.58. The van der Waals surface area contributed by atoms with Gasteiger partial charge < -0.3 is 10.2 Å². The van der Waals surface area contributed by atoms with Gasteiger partial charge in [0, 0.05) is 18.3 Å². The number of carbonyl (C=O) groups is 2. The molecular weight excluding hydrogens is 316 g/mol. The molecule has 0 saturated carbocycles. The van der Waals surface area contributed by atoms with Gasteiger partial charge in [0.05, 0.1) is 11.5 Å². The van der Waals surface area contributed by atoms with Crippen LogP contribution in [0.4, 0.5) is 5.69 Å². The zero-order valence-electron chi connectivity index (χ0n) is 13.4. The van der Waals surface area contributed by atoms with E-state index in [9.17, 15) is 18.0 Å². The third kappa shape index (κ3) is 4.10. The van der Waals surface area contributed by atoms with Crippen molar-refractivity contribution in [3.05, 3.63) is 29.8 Å². The van der Waals surface area contributed by atoms with E-state index in [-0.39, 0.29) is 11.5 Å². The third-order valence-corrected chi connectivity index (χ3v) is 5.84. The molecule has 126 valence electrons. The summed E-state index contributed by atoms with van der Waals surface area (Å²) in [4.78, 5) is 26.0. The average Bonchev–Trinajstić information content (AvgIpc) is 2.88. The van der Waals surface area contributed by atoms with Crippen LogP contribution in [-0.4, -0.2) is 49.2 Å². The normalized spacial score (nSPS) is 19.3. The maximum Gasteiger partial charge on any atom is 0.313 e. The SMILES string of the molecule is CCc1ccccc1NC(=O)C(=O)N(CC)C1CCS(=O)(=O)C1. The molecule has 1 aliphatic rings. The number of nitrogens with one attached hydrogen (secondary N) is 1. The van der Waals surface area contributed by atoms with Gasteiger partial charge in [-0.05, 0) is 31.4 Å². The van der Waals surface area contributed by atoms with E-state index in [0.29, 0.717) is 18.7 Å². The summed E-state index contributed by atoms with van der Waals surface area (Å²) in [5.74, 6) is -1.40. The highest BCUT2D eigenvalue weighted by molar-refractivity contribution is 7.91. The Bertz CT molecular complexity index is 700. The lowest BCUT2D eigenvalue weighted by molar-refractivity contribution is -0.144. The molecule has 2 rings (SSSR count). The molecule has 2 amide bonds. The van der Waals surface area contributed by atoms with E-state index in [0.717, 1.165) is 12.0 Å². The van der Waals surface area contributed by atoms with E-state index in [1.165, 1.54) is 4.90 Å². The summed E-state index contributed by atoms with van der Waals surface area (Å²) in [6, 6.07) is 6.89. The van der Waals surface area contributed by atoms with Crippen LogP contribution in [-0.2, 0) is 25.8 Å². The summed E-state index contributed by atoms with van der Waals surface area (Å²) in [6.45, 7) is 4.02. The molecule has 1 saturated heterocycles. The van der Waals surface area contributed by atoms with Crippen LogP contribution in [0.15, 0.2) is 24.3 Å². The van der Waals surface area contributed by atoms with Crippen molar-refractivity contribution in [2.24, 2.45) is 0 Å². The Balaban J connectivity index is 2.10. The van der Waals surface area contributed by atoms with Gasteiger partial charge in [0.1, 0.15) is 0 Å². The molecule has 1 atom stereocenters. The number of rotatable bonds is 4. The van der Waals surface area contributed by atoms with Gasteiger partial charge in [0.15, 0.2) is 9.84 Å². The quantitative estimate of drug-likeness (QED) is 0.837. The van der Waals surface area contributed by atoms with Crippen molar-refractivity contribution in [3.63, 3.8) is 0 Å². The first kappa shape index (κ1) is 17.5. The van der Waals surface area contributed by atoms with E-state index in [4.69, 9.17) is 0 Å². The lowest BCUT2D eigenvalue weighted by Crippen LogP contribution is -2.46. The molecule has 7 heteroatoms. The largest absolute Gasteiger partial charge is 0.331 e. The predicted octanol–water partition coefficient (Wildman–Crippen LogP) is 1.22. The van der Waals surface area contributed by atoms with Crippen molar-refractivity contribution in [1.82, 2.24) is 4.90 Å². The predicted molar refractivity (Wildman–Crippen MR) is 88.9 cm³/mol. The molecule has 0 aliphatic carbocycles. The Morgan fingerprint density at radius 3 is 2.52 bits per heavy atom. The van der Waals surface area contributed by atoms with Crippen molar-refractivity contribution in [3.8, 4) is 0 Å². The highest BCUT2D eigenvalue weighted by Crippen LogP contribution is 2.19. The van der Waals surface area contributed by atoms with Crippen molar-refractivity contribution < 1.29 is 18.0 Å². The molecule has 0 radical (unpaired) electrons. The molecule has 0 aromatic heterocycles. The monoisotopic (exact) mass is 338 g/mol. The summed E-state index contributed by atoms with van der Waals surface area (Å²) in [5.41, 5.74) is 1.56. The lowest BCUT2D eigenvalue weighted by atomic mass is 10.1. The first-order valence-electron chi connectivity index (χ1n) is 7.78. The standard InChI is InChI=1S/C16H22N2O4S/c1-3-12-7-5-6-8-14(12)17-15(19)16(20)18(4-2)13-9-10-23(21,22)11-13/h5-8,13H,3-4,9-11H2,1-2H3,(H,17,19). The highest BCUT2D eigenvalue weighted by Gasteiger charge is 2.36. The Kier molecular flexibility index (Phi) is 5.41. The van der Waals surface area contributed by atoms with Crippen LogP contribution in [0.2, 0.25) is 0 Å². The molecule has 1 fully saturated rings. The number of carbonyl (C=O) groups excluding carboxylic acids is 2. The zero-order chi connectivity index (χ0) is 17.0. The van der Waals surface area contributed by atoms with Crippen molar-refractivity contribution in [1.29, 1.82) is 0 Å². The van der Waals surface area contributed by atoms with Crippen LogP contribution in [0, 0.1) is 0 Å². The third-order valence-electron chi connectivity index (χ3n) is 4.09. The van der Waals surface area contributed by atoms with Crippen molar-refractivity contribution in [2.75, 3.05) is 23.4 Å². The van der Waals surface area contributed by atoms with Gasteiger partial charge in [-0.1, -0.05) is 25.1 Å². The number of hydrogen-bond acceptors (Lipinski definition) is 4. The minimum Gasteiger partial charge on any atom is -0.331 e. The molecule has 23 heavy (non-hydrogen) atoms. The average molecular weight is 338 g/mol. The molecule has 0 spiro atoms. The number of likely N-dealkylation sites (N-methyl/N-ethyl adjacent to an activating group) is 1. The first-order valence-corrected chi connectivity index (χ1v) is 9.60. The smallest absolute Gasteiger partial charge is 0.313 e. The fraction of sp³-hybridized carbons (Fsp3) is 0.500. The maximum atomic E-state index is 12.4. The molecular formula is C16H22N2O4S. The Morgan fingerprint density at radius 1 is 1.26 bits per heavy atom. The Hall–Kier alpha value is -1.89. The summed E-state index contributed by atoms with van der Waals surface area (Å²) < 4.78 is 23.2. The second kappa shape index (κ2) is 7.12. The molecule has 1 N–H and O–H groups in total. The van der Waals surface area contributed by atoms with Gasteiger partial charge in [-0.25, -0.2) is 8.42 Å². The molecule has 1 aliphatic heterocycles. The topological polar surface area (TPSA) is 83.6 Å². The molecule has 1 heterocycles. The fourth-order valence-electron chi connectivity index (χ4n) is 2.85. The minimum absolute atomic E-state index is 0.0641. The number of sulfone groups is 1. The van der Waals surface area contributed by atoms with E-state index >= 15 is 0 Å². The van der Waals surface area contributed by atoms with E-state index in [1.807, 2.05) is 19.1 Å². The number of nitrogens with zero attached hydrogens (tertiary/aromatic N) is 1. The van der Waals surface area contributed by atoms with E-state index in [1.54, 1.807) is 19.1 Å². The number of benzene rings is 1. The molecule has 0 bridgehead atoms. The Morgan fingerprint density at radius 2 is 1.96 bits per heavy atom. The molecule has 1 aromatic carbocycles. The Labute approximate surface area is 136 Å². The highest BCUT2D eigenvalue weighted by atomic mass is 32.2. The van der Waals surface area contributed by atoms with E-state index < -0.39 is 27.7 Å². The van der Waals surface area contributed by atoms with Gasteiger partial charge in [-0.3, -0.25) is 9.59 Å². The number of aryl methyl sites for hydroxylation is 1. The van der Waals surface area contributed by atoms with Gasteiger partial charge in [-0.2, -0.15) is 0 Å². The van der Waals surface area contributed by atoms with Gasteiger partial charge in [-0.15, -0.1) is 0 Å².